The number of hydrogen-bond donors (Lipinski definition) is 1. The number of benzene rings is 1. The minimum Gasteiger partial charge on any atom is -0.352 e. The summed E-state index contributed by atoms with van der Waals surface area (Å²) in [7, 11) is -1.31. The number of nitrogens with zero attached hydrogens (tertiary/aromatic N) is 6. The van der Waals surface area contributed by atoms with Gasteiger partial charge >= 0.3 is 0 Å². The zero-order valence-electron chi connectivity index (χ0n) is 18.9. The molecule has 1 aromatic carbocycles. The standard InChI is InChI=1S/C22H24FN7O2S2/c1-4-17-21(28(2)22-25-18(13-33-22)14-5-7-15(23)8-6-14)30-19(24-17)9-10-20(26-30)29-11-16(12-29)27-34(3,31)32/h5-10,13,16,27H,4,11-12H2,1-3H3. The highest BCUT2D eigenvalue weighted by atomic mass is 32.2. The summed E-state index contributed by atoms with van der Waals surface area (Å²) in [6.07, 6.45) is 1.89. The predicted octanol–water partition coefficient (Wildman–Crippen LogP) is 3.06. The molecule has 0 bridgehead atoms. The van der Waals surface area contributed by atoms with Crippen molar-refractivity contribution in [3.8, 4) is 11.3 Å². The van der Waals surface area contributed by atoms with Gasteiger partial charge in [0.2, 0.25) is 10.0 Å². The SMILES string of the molecule is CCc1nc2ccc(N3CC(NS(C)(=O)=O)C3)nn2c1N(C)c1nc(-c2ccc(F)cc2)cs1. The van der Waals surface area contributed by atoms with E-state index >= 15 is 0 Å². The van der Waals surface area contributed by atoms with E-state index in [1.165, 1.54) is 29.7 Å². The van der Waals surface area contributed by atoms with E-state index in [9.17, 15) is 12.8 Å². The van der Waals surface area contributed by atoms with Gasteiger partial charge in [-0.25, -0.2) is 27.5 Å². The van der Waals surface area contributed by atoms with E-state index in [0.29, 0.717) is 13.1 Å². The second-order valence-electron chi connectivity index (χ2n) is 8.27. The van der Waals surface area contributed by atoms with Crippen LogP contribution in [0.5, 0.6) is 0 Å². The van der Waals surface area contributed by atoms with Crippen LogP contribution in [0.4, 0.5) is 21.2 Å². The summed E-state index contributed by atoms with van der Waals surface area (Å²) >= 11 is 1.49. The minimum atomic E-state index is -3.24. The van der Waals surface area contributed by atoms with Crippen molar-refractivity contribution < 1.29 is 12.8 Å². The lowest BCUT2D eigenvalue weighted by Crippen LogP contribution is -2.59. The predicted molar refractivity (Wildman–Crippen MR) is 132 cm³/mol. The van der Waals surface area contributed by atoms with Crippen LogP contribution in [0, 0.1) is 5.82 Å². The number of nitrogens with one attached hydrogen (secondary N) is 1. The topological polar surface area (TPSA) is 95.7 Å². The summed E-state index contributed by atoms with van der Waals surface area (Å²) in [5.41, 5.74) is 3.24. The number of thiazole rings is 1. The number of aryl methyl sites for hydroxylation is 1. The molecule has 3 aromatic heterocycles. The number of aromatic nitrogens is 4. The Balaban J connectivity index is 1.44. The van der Waals surface area contributed by atoms with Crippen molar-refractivity contribution in [1.82, 2.24) is 24.3 Å². The first-order valence-corrected chi connectivity index (χ1v) is 13.5. The molecule has 1 N–H and O–H groups in total. The van der Waals surface area contributed by atoms with E-state index in [-0.39, 0.29) is 11.9 Å². The highest BCUT2D eigenvalue weighted by molar-refractivity contribution is 7.88. The Morgan fingerprint density at radius 2 is 1.91 bits per heavy atom. The maximum atomic E-state index is 13.3. The van der Waals surface area contributed by atoms with Gasteiger partial charge in [0.25, 0.3) is 0 Å². The normalized spacial score (nSPS) is 14.5. The molecule has 1 aliphatic rings. The first kappa shape index (κ1) is 22.7. The summed E-state index contributed by atoms with van der Waals surface area (Å²) in [4.78, 5) is 13.5. The Labute approximate surface area is 200 Å². The monoisotopic (exact) mass is 501 g/mol. The van der Waals surface area contributed by atoms with Gasteiger partial charge in [0.05, 0.1) is 23.7 Å². The lowest BCUT2D eigenvalue weighted by atomic mass is 10.1. The number of hydrogen-bond acceptors (Lipinski definition) is 8. The fourth-order valence-electron chi connectivity index (χ4n) is 4.00. The Bertz CT molecular complexity index is 1440. The van der Waals surface area contributed by atoms with Crippen LogP contribution in [0.25, 0.3) is 16.9 Å². The van der Waals surface area contributed by atoms with E-state index in [1.807, 2.05) is 45.8 Å². The Kier molecular flexibility index (Phi) is 5.74. The molecule has 12 heteroatoms. The number of imidazole rings is 1. The van der Waals surface area contributed by atoms with Gasteiger partial charge < -0.3 is 9.80 Å². The lowest BCUT2D eigenvalue weighted by Gasteiger charge is -2.39. The van der Waals surface area contributed by atoms with Crippen LogP contribution in [0.3, 0.4) is 0 Å². The van der Waals surface area contributed by atoms with Crippen molar-refractivity contribution in [3.63, 3.8) is 0 Å². The minimum absolute atomic E-state index is 0.121. The number of halogens is 1. The first-order chi connectivity index (χ1) is 16.2. The second kappa shape index (κ2) is 8.60. The molecule has 1 aliphatic heterocycles. The van der Waals surface area contributed by atoms with Crippen LogP contribution < -0.4 is 14.5 Å². The van der Waals surface area contributed by atoms with Crippen molar-refractivity contribution in [2.24, 2.45) is 0 Å². The van der Waals surface area contributed by atoms with Gasteiger partial charge in [-0.15, -0.1) is 16.4 Å². The second-order valence-corrected chi connectivity index (χ2v) is 10.9. The van der Waals surface area contributed by atoms with Crippen molar-refractivity contribution in [1.29, 1.82) is 0 Å². The molecule has 1 fully saturated rings. The Hall–Kier alpha value is -3.09. The van der Waals surface area contributed by atoms with Crippen LogP contribution >= 0.6 is 11.3 Å². The fraction of sp³-hybridized carbons (Fsp3) is 0.318. The van der Waals surface area contributed by atoms with Crippen LogP contribution in [-0.2, 0) is 16.4 Å². The molecule has 0 unspecified atom stereocenters. The third kappa shape index (κ3) is 4.36. The summed E-state index contributed by atoms with van der Waals surface area (Å²) < 4.78 is 40.7. The third-order valence-corrected chi connectivity index (χ3v) is 7.35. The maximum Gasteiger partial charge on any atom is 0.209 e. The molecule has 178 valence electrons. The van der Waals surface area contributed by atoms with Crippen LogP contribution in [0.1, 0.15) is 12.6 Å². The highest BCUT2D eigenvalue weighted by Crippen LogP contribution is 2.34. The summed E-state index contributed by atoms with van der Waals surface area (Å²) in [6, 6.07) is 9.98. The Morgan fingerprint density at radius 3 is 2.59 bits per heavy atom. The number of fused-ring (bicyclic) bond motifs is 1. The maximum absolute atomic E-state index is 13.3. The number of anilines is 3. The Morgan fingerprint density at radius 1 is 1.18 bits per heavy atom. The van der Waals surface area contributed by atoms with Gasteiger partial charge in [-0.05, 0) is 42.8 Å². The summed E-state index contributed by atoms with van der Waals surface area (Å²) in [5.74, 6) is 1.29. The van der Waals surface area contributed by atoms with Gasteiger partial charge in [0.15, 0.2) is 16.6 Å². The van der Waals surface area contributed by atoms with E-state index in [0.717, 1.165) is 45.8 Å². The average Bonchev–Trinajstić information content (AvgIpc) is 3.40. The van der Waals surface area contributed by atoms with Crippen molar-refractivity contribution in [2.75, 3.05) is 36.2 Å². The average molecular weight is 502 g/mol. The smallest absolute Gasteiger partial charge is 0.209 e. The van der Waals surface area contributed by atoms with Crippen molar-refractivity contribution in [3.05, 3.63) is 53.3 Å². The fourth-order valence-corrected chi connectivity index (χ4v) is 5.56. The highest BCUT2D eigenvalue weighted by Gasteiger charge is 2.30. The van der Waals surface area contributed by atoms with Gasteiger partial charge in [0, 0.05) is 31.1 Å². The molecule has 0 atom stereocenters. The van der Waals surface area contributed by atoms with Crippen LogP contribution in [0.2, 0.25) is 0 Å². The molecule has 5 rings (SSSR count). The van der Waals surface area contributed by atoms with Crippen LogP contribution in [-0.4, -0.2) is 60.4 Å². The molecule has 34 heavy (non-hydrogen) atoms. The van der Waals surface area contributed by atoms with Crippen LogP contribution in [0.15, 0.2) is 41.8 Å². The molecule has 0 saturated carbocycles. The molecule has 4 heterocycles. The molecule has 0 radical (unpaired) electrons. The number of rotatable bonds is 7. The molecule has 1 saturated heterocycles. The zero-order valence-corrected chi connectivity index (χ0v) is 20.6. The lowest BCUT2D eigenvalue weighted by molar-refractivity contribution is 0.466. The van der Waals surface area contributed by atoms with Crippen molar-refractivity contribution >= 4 is 43.8 Å². The van der Waals surface area contributed by atoms with E-state index < -0.39 is 10.0 Å². The molecule has 0 spiro atoms. The zero-order chi connectivity index (χ0) is 24.0. The van der Waals surface area contributed by atoms with Gasteiger partial charge in [-0.1, -0.05) is 6.92 Å². The number of sulfonamides is 1. The van der Waals surface area contributed by atoms with Gasteiger partial charge in [-0.2, -0.15) is 4.52 Å². The summed E-state index contributed by atoms with van der Waals surface area (Å²) in [5, 5.41) is 7.53. The molecule has 4 aromatic rings. The van der Waals surface area contributed by atoms with Gasteiger partial charge in [-0.3, -0.25) is 0 Å². The first-order valence-electron chi connectivity index (χ1n) is 10.8. The third-order valence-electron chi connectivity index (χ3n) is 5.67. The largest absolute Gasteiger partial charge is 0.352 e. The molecular formula is C22H24FN7O2S2. The quantitative estimate of drug-likeness (QED) is 0.416. The van der Waals surface area contributed by atoms with Gasteiger partial charge in [0.1, 0.15) is 11.6 Å². The van der Waals surface area contributed by atoms with E-state index in [2.05, 4.69) is 4.72 Å². The molecular weight excluding hydrogens is 477 g/mol. The molecule has 9 nitrogen and oxygen atoms in total. The van der Waals surface area contributed by atoms with E-state index in [1.54, 1.807) is 12.1 Å². The van der Waals surface area contributed by atoms with E-state index in [4.69, 9.17) is 15.1 Å². The molecule has 0 amide bonds. The molecule has 0 aliphatic carbocycles. The summed E-state index contributed by atoms with van der Waals surface area (Å²) in [6.45, 7) is 3.15. The van der Waals surface area contributed by atoms with Crippen molar-refractivity contribution in [2.45, 2.75) is 19.4 Å².